The van der Waals surface area contributed by atoms with Crippen molar-refractivity contribution in [1.29, 1.82) is 0 Å². The number of aliphatic hydroxyl groups is 1. The van der Waals surface area contributed by atoms with E-state index in [-0.39, 0.29) is 18.5 Å². The smallest absolute Gasteiger partial charge is 0.123 e. The lowest BCUT2D eigenvalue weighted by molar-refractivity contribution is 0.182. The summed E-state index contributed by atoms with van der Waals surface area (Å²) in [6.07, 6.45) is 2.35. The number of hydrogen-bond donors (Lipinski definition) is 2. The van der Waals surface area contributed by atoms with E-state index in [9.17, 15) is 4.39 Å². The fourth-order valence-electron chi connectivity index (χ4n) is 1.46. The fraction of sp³-hybridized carbons (Fsp3) is 0.500. The molecule has 0 aromatic heterocycles. The predicted octanol–water partition coefficient (Wildman–Crippen LogP) is 1.32. The molecule has 1 saturated carbocycles. The van der Waals surface area contributed by atoms with Crippen LogP contribution in [0.5, 0.6) is 5.75 Å². The number of hydrogen-bond acceptors (Lipinski definition) is 3. The monoisotopic (exact) mass is 225 g/mol. The number of benzene rings is 1. The molecule has 1 atom stereocenters. The molecule has 2 N–H and O–H groups in total. The van der Waals surface area contributed by atoms with E-state index in [0.717, 1.165) is 0 Å². The van der Waals surface area contributed by atoms with Crippen LogP contribution in [0.25, 0.3) is 0 Å². The molecule has 1 aliphatic rings. The molecule has 1 unspecified atom stereocenters. The summed E-state index contributed by atoms with van der Waals surface area (Å²) in [6.45, 7) is 0.455. The molecule has 0 saturated heterocycles. The van der Waals surface area contributed by atoms with Crippen LogP contribution in [0.2, 0.25) is 0 Å². The van der Waals surface area contributed by atoms with Gasteiger partial charge in [-0.3, -0.25) is 0 Å². The molecule has 2 rings (SSSR count). The van der Waals surface area contributed by atoms with E-state index in [1.807, 2.05) is 0 Å². The lowest BCUT2D eigenvalue weighted by Crippen LogP contribution is -2.39. The molecule has 1 aromatic carbocycles. The normalized spacial score (nSPS) is 17.1. The summed E-state index contributed by atoms with van der Waals surface area (Å²) in [4.78, 5) is 0. The van der Waals surface area contributed by atoms with E-state index in [2.05, 4.69) is 5.32 Å². The maximum atomic E-state index is 12.6. The molecule has 88 valence electrons. The van der Waals surface area contributed by atoms with Crippen LogP contribution in [0.15, 0.2) is 24.3 Å². The summed E-state index contributed by atoms with van der Waals surface area (Å²) in [5, 5.41) is 12.4. The van der Waals surface area contributed by atoms with Crippen LogP contribution in [0.3, 0.4) is 0 Å². The zero-order valence-electron chi connectivity index (χ0n) is 9.03. The van der Waals surface area contributed by atoms with Gasteiger partial charge in [0, 0.05) is 6.04 Å². The minimum Gasteiger partial charge on any atom is -0.492 e. The second kappa shape index (κ2) is 5.27. The van der Waals surface area contributed by atoms with Crippen molar-refractivity contribution in [2.75, 3.05) is 13.2 Å². The van der Waals surface area contributed by atoms with Crippen LogP contribution < -0.4 is 10.1 Å². The van der Waals surface area contributed by atoms with Crippen molar-refractivity contribution in [2.24, 2.45) is 0 Å². The van der Waals surface area contributed by atoms with Gasteiger partial charge in [-0.2, -0.15) is 0 Å². The first-order valence-electron chi connectivity index (χ1n) is 5.53. The zero-order chi connectivity index (χ0) is 11.4. The van der Waals surface area contributed by atoms with Crippen LogP contribution in [-0.2, 0) is 0 Å². The summed E-state index contributed by atoms with van der Waals surface area (Å²) in [6, 6.07) is 6.38. The van der Waals surface area contributed by atoms with E-state index < -0.39 is 0 Å². The van der Waals surface area contributed by atoms with Gasteiger partial charge in [0.1, 0.15) is 18.2 Å². The van der Waals surface area contributed by atoms with Crippen molar-refractivity contribution in [2.45, 2.75) is 24.9 Å². The number of rotatable bonds is 6. The number of halogens is 1. The second-order valence-corrected chi connectivity index (χ2v) is 4.09. The van der Waals surface area contributed by atoms with Gasteiger partial charge in [0.05, 0.1) is 12.6 Å². The molecule has 0 heterocycles. The Morgan fingerprint density at radius 2 is 2.06 bits per heavy atom. The molecule has 0 amide bonds. The van der Waals surface area contributed by atoms with E-state index in [0.29, 0.717) is 18.4 Å². The molecule has 1 aromatic rings. The average Bonchev–Trinajstić information content (AvgIpc) is 3.10. The van der Waals surface area contributed by atoms with Crippen molar-refractivity contribution in [3.05, 3.63) is 30.1 Å². The predicted molar refractivity (Wildman–Crippen MR) is 58.9 cm³/mol. The van der Waals surface area contributed by atoms with E-state index in [1.54, 1.807) is 12.1 Å². The standard InChI is InChI=1S/C12H16FNO2/c13-9-1-5-12(6-2-9)16-8-11(7-15)14-10-3-4-10/h1-2,5-6,10-11,14-15H,3-4,7-8H2. The average molecular weight is 225 g/mol. The summed E-state index contributed by atoms with van der Waals surface area (Å²) in [5.41, 5.74) is 0. The first-order valence-corrected chi connectivity index (χ1v) is 5.53. The van der Waals surface area contributed by atoms with Gasteiger partial charge in [-0.15, -0.1) is 0 Å². The van der Waals surface area contributed by atoms with Gasteiger partial charge in [0.15, 0.2) is 0 Å². The quantitative estimate of drug-likeness (QED) is 0.767. The van der Waals surface area contributed by atoms with Crippen molar-refractivity contribution in [1.82, 2.24) is 5.32 Å². The molecule has 0 aliphatic heterocycles. The number of ether oxygens (including phenoxy) is 1. The molecule has 4 heteroatoms. The van der Waals surface area contributed by atoms with Crippen LogP contribution in [0.1, 0.15) is 12.8 Å². The van der Waals surface area contributed by atoms with Gasteiger partial charge < -0.3 is 15.2 Å². The molecule has 0 bridgehead atoms. The lowest BCUT2D eigenvalue weighted by Gasteiger charge is -2.16. The summed E-state index contributed by atoms with van der Waals surface area (Å²) in [7, 11) is 0. The van der Waals surface area contributed by atoms with Crippen molar-refractivity contribution < 1.29 is 14.2 Å². The maximum absolute atomic E-state index is 12.6. The largest absolute Gasteiger partial charge is 0.492 e. The van der Waals surface area contributed by atoms with Crippen LogP contribution in [-0.4, -0.2) is 30.4 Å². The highest BCUT2D eigenvalue weighted by Crippen LogP contribution is 2.19. The number of aliphatic hydroxyl groups excluding tert-OH is 1. The lowest BCUT2D eigenvalue weighted by atomic mass is 10.3. The molecular formula is C12H16FNO2. The Kier molecular flexibility index (Phi) is 3.74. The van der Waals surface area contributed by atoms with Gasteiger partial charge in [0.2, 0.25) is 0 Å². The Hall–Kier alpha value is -1.13. The minimum atomic E-state index is -0.276. The molecule has 3 nitrogen and oxygen atoms in total. The Morgan fingerprint density at radius 3 is 2.62 bits per heavy atom. The minimum absolute atomic E-state index is 0.0439. The van der Waals surface area contributed by atoms with Gasteiger partial charge >= 0.3 is 0 Å². The van der Waals surface area contributed by atoms with Gasteiger partial charge in [0.25, 0.3) is 0 Å². The van der Waals surface area contributed by atoms with E-state index >= 15 is 0 Å². The molecular weight excluding hydrogens is 209 g/mol. The molecule has 0 spiro atoms. The highest BCUT2D eigenvalue weighted by molar-refractivity contribution is 5.22. The fourth-order valence-corrected chi connectivity index (χ4v) is 1.46. The SMILES string of the molecule is OCC(COc1ccc(F)cc1)NC1CC1. The maximum Gasteiger partial charge on any atom is 0.123 e. The zero-order valence-corrected chi connectivity index (χ0v) is 9.03. The summed E-state index contributed by atoms with van der Waals surface area (Å²) in [5.74, 6) is 0.347. The second-order valence-electron chi connectivity index (χ2n) is 4.09. The van der Waals surface area contributed by atoms with Crippen LogP contribution in [0.4, 0.5) is 4.39 Å². The Balaban J connectivity index is 1.77. The summed E-state index contributed by atoms with van der Waals surface area (Å²) >= 11 is 0. The van der Waals surface area contributed by atoms with Crippen molar-refractivity contribution in [3.63, 3.8) is 0 Å². The molecule has 1 fully saturated rings. The van der Waals surface area contributed by atoms with E-state index in [1.165, 1.54) is 25.0 Å². The van der Waals surface area contributed by atoms with Crippen LogP contribution in [0, 0.1) is 5.82 Å². The summed E-state index contributed by atoms with van der Waals surface area (Å²) < 4.78 is 18.1. The first kappa shape index (κ1) is 11.4. The van der Waals surface area contributed by atoms with Gasteiger partial charge in [-0.05, 0) is 37.1 Å². The van der Waals surface area contributed by atoms with Crippen molar-refractivity contribution >= 4 is 0 Å². The third-order valence-electron chi connectivity index (χ3n) is 2.53. The first-order chi connectivity index (χ1) is 7.78. The van der Waals surface area contributed by atoms with Crippen molar-refractivity contribution in [3.8, 4) is 5.75 Å². The topological polar surface area (TPSA) is 41.5 Å². The Morgan fingerprint density at radius 1 is 1.38 bits per heavy atom. The van der Waals surface area contributed by atoms with Crippen LogP contribution >= 0.6 is 0 Å². The molecule has 16 heavy (non-hydrogen) atoms. The Labute approximate surface area is 94.2 Å². The highest BCUT2D eigenvalue weighted by atomic mass is 19.1. The van der Waals surface area contributed by atoms with E-state index in [4.69, 9.17) is 9.84 Å². The third-order valence-corrected chi connectivity index (χ3v) is 2.53. The third kappa shape index (κ3) is 3.47. The highest BCUT2D eigenvalue weighted by Gasteiger charge is 2.24. The molecule has 1 aliphatic carbocycles. The number of nitrogens with one attached hydrogen (secondary N) is 1. The molecule has 0 radical (unpaired) electrons. The van der Waals surface area contributed by atoms with Gasteiger partial charge in [-0.25, -0.2) is 4.39 Å². The Bertz CT molecular complexity index is 324. The van der Waals surface area contributed by atoms with Gasteiger partial charge in [-0.1, -0.05) is 0 Å².